The highest BCUT2D eigenvalue weighted by atomic mass is 16.7. The van der Waals surface area contributed by atoms with E-state index in [0.29, 0.717) is 31.8 Å². The van der Waals surface area contributed by atoms with E-state index in [1.807, 2.05) is 48.5 Å². The molecular weight excluding hydrogens is 292 g/mol. The van der Waals surface area contributed by atoms with E-state index in [9.17, 15) is 4.79 Å². The Hall–Kier alpha value is -2.53. The lowest BCUT2D eigenvalue weighted by atomic mass is 10.1. The number of carbonyl (C=O) groups excluding carboxylic acids is 1. The van der Waals surface area contributed by atoms with Crippen LogP contribution in [0.3, 0.4) is 0 Å². The van der Waals surface area contributed by atoms with Crippen LogP contribution in [0.2, 0.25) is 0 Å². The standard InChI is InChI=1S/C18H20N2O3/c19-8-9-20(12-14-4-2-1-3-5-14)18(21)11-15-6-7-16-17(10-15)23-13-22-16/h1-7,10H,8-9,11-13,19H2. The zero-order chi connectivity index (χ0) is 16.1. The highest BCUT2D eigenvalue weighted by Crippen LogP contribution is 2.32. The van der Waals surface area contributed by atoms with E-state index in [-0.39, 0.29) is 12.7 Å². The lowest BCUT2D eigenvalue weighted by molar-refractivity contribution is -0.131. The third-order valence-electron chi connectivity index (χ3n) is 3.76. The first-order valence-electron chi connectivity index (χ1n) is 7.66. The summed E-state index contributed by atoms with van der Waals surface area (Å²) >= 11 is 0. The van der Waals surface area contributed by atoms with Crippen LogP contribution in [0.25, 0.3) is 0 Å². The molecule has 0 saturated carbocycles. The van der Waals surface area contributed by atoms with Crippen molar-refractivity contribution in [3.05, 3.63) is 59.7 Å². The van der Waals surface area contributed by atoms with E-state index < -0.39 is 0 Å². The second-order valence-corrected chi connectivity index (χ2v) is 5.45. The van der Waals surface area contributed by atoms with Crippen molar-refractivity contribution in [1.29, 1.82) is 0 Å². The fourth-order valence-electron chi connectivity index (χ4n) is 2.59. The number of fused-ring (bicyclic) bond motifs is 1. The van der Waals surface area contributed by atoms with Crippen molar-refractivity contribution in [3.63, 3.8) is 0 Å². The molecule has 0 bridgehead atoms. The van der Waals surface area contributed by atoms with Crippen molar-refractivity contribution in [3.8, 4) is 11.5 Å². The Bertz CT molecular complexity index is 673. The van der Waals surface area contributed by atoms with Crippen LogP contribution in [-0.2, 0) is 17.8 Å². The number of amides is 1. The minimum Gasteiger partial charge on any atom is -0.454 e. The molecule has 1 amide bonds. The number of carbonyl (C=O) groups is 1. The van der Waals surface area contributed by atoms with Gasteiger partial charge in [-0.2, -0.15) is 0 Å². The minimum atomic E-state index is 0.0539. The summed E-state index contributed by atoms with van der Waals surface area (Å²) in [5.74, 6) is 1.48. The topological polar surface area (TPSA) is 64.8 Å². The summed E-state index contributed by atoms with van der Waals surface area (Å²) < 4.78 is 10.6. The van der Waals surface area contributed by atoms with Crippen molar-refractivity contribution in [1.82, 2.24) is 4.90 Å². The summed E-state index contributed by atoms with van der Waals surface area (Å²) in [6.45, 7) is 1.79. The van der Waals surface area contributed by atoms with E-state index in [1.165, 1.54) is 0 Å². The summed E-state index contributed by atoms with van der Waals surface area (Å²) in [5.41, 5.74) is 7.67. The molecular formula is C18H20N2O3. The summed E-state index contributed by atoms with van der Waals surface area (Å²) in [4.78, 5) is 14.4. The Balaban J connectivity index is 1.68. The van der Waals surface area contributed by atoms with E-state index in [1.54, 1.807) is 4.90 Å². The van der Waals surface area contributed by atoms with Gasteiger partial charge in [0.05, 0.1) is 6.42 Å². The molecule has 5 heteroatoms. The largest absolute Gasteiger partial charge is 0.454 e. The molecule has 5 nitrogen and oxygen atoms in total. The van der Waals surface area contributed by atoms with E-state index >= 15 is 0 Å². The van der Waals surface area contributed by atoms with Crippen molar-refractivity contribution in [2.45, 2.75) is 13.0 Å². The van der Waals surface area contributed by atoms with Crippen LogP contribution in [0, 0.1) is 0 Å². The molecule has 0 unspecified atom stereocenters. The smallest absolute Gasteiger partial charge is 0.231 e. The zero-order valence-corrected chi connectivity index (χ0v) is 12.9. The second kappa shape index (κ2) is 7.15. The van der Waals surface area contributed by atoms with Crippen LogP contribution in [0.5, 0.6) is 11.5 Å². The SMILES string of the molecule is NCCN(Cc1ccccc1)C(=O)Cc1ccc2c(c1)OCO2. The van der Waals surface area contributed by atoms with Gasteiger partial charge in [-0.25, -0.2) is 0 Å². The number of nitrogens with zero attached hydrogens (tertiary/aromatic N) is 1. The Morgan fingerprint density at radius 1 is 1.04 bits per heavy atom. The Morgan fingerprint density at radius 3 is 2.61 bits per heavy atom. The molecule has 0 saturated heterocycles. The molecule has 2 N–H and O–H groups in total. The van der Waals surface area contributed by atoms with Crippen LogP contribution in [0.4, 0.5) is 0 Å². The van der Waals surface area contributed by atoms with Gasteiger partial charge in [0.2, 0.25) is 12.7 Å². The highest BCUT2D eigenvalue weighted by Gasteiger charge is 2.17. The lowest BCUT2D eigenvalue weighted by Crippen LogP contribution is -2.35. The van der Waals surface area contributed by atoms with Crippen LogP contribution < -0.4 is 15.2 Å². The average molecular weight is 312 g/mol. The molecule has 1 aliphatic heterocycles. The molecule has 120 valence electrons. The first kappa shape index (κ1) is 15.4. The van der Waals surface area contributed by atoms with Gasteiger partial charge in [0.15, 0.2) is 11.5 Å². The number of nitrogens with two attached hydrogens (primary N) is 1. The Labute approximate surface area is 135 Å². The molecule has 2 aromatic rings. The normalized spacial score (nSPS) is 12.2. The van der Waals surface area contributed by atoms with Gasteiger partial charge in [-0.15, -0.1) is 0 Å². The van der Waals surface area contributed by atoms with Crippen LogP contribution in [-0.4, -0.2) is 30.7 Å². The highest BCUT2D eigenvalue weighted by molar-refractivity contribution is 5.79. The van der Waals surface area contributed by atoms with Crippen LogP contribution in [0.15, 0.2) is 48.5 Å². The molecule has 23 heavy (non-hydrogen) atoms. The molecule has 2 aromatic carbocycles. The lowest BCUT2D eigenvalue weighted by Gasteiger charge is -2.22. The van der Waals surface area contributed by atoms with Crippen molar-refractivity contribution in [2.24, 2.45) is 5.73 Å². The summed E-state index contributed by atoms with van der Waals surface area (Å²) in [5, 5.41) is 0. The van der Waals surface area contributed by atoms with Gasteiger partial charge in [-0.3, -0.25) is 4.79 Å². The van der Waals surface area contributed by atoms with Gasteiger partial charge in [-0.1, -0.05) is 36.4 Å². The molecule has 0 aromatic heterocycles. The maximum absolute atomic E-state index is 12.6. The fourth-order valence-corrected chi connectivity index (χ4v) is 2.59. The van der Waals surface area contributed by atoms with E-state index in [0.717, 1.165) is 16.9 Å². The van der Waals surface area contributed by atoms with Gasteiger partial charge >= 0.3 is 0 Å². The number of hydrogen-bond donors (Lipinski definition) is 1. The monoisotopic (exact) mass is 312 g/mol. The fraction of sp³-hybridized carbons (Fsp3) is 0.278. The predicted octanol–water partition coefficient (Wildman–Crippen LogP) is 1.95. The number of ether oxygens (including phenoxy) is 2. The van der Waals surface area contributed by atoms with Crippen LogP contribution >= 0.6 is 0 Å². The molecule has 3 rings (SSSR count). The summed E-state index contributed by atoms with van der Waals surface area (Å²) in [6.07, 6.45) is 0.323. The van der Waals surface area contributed by atoms with E-state index in [4.69, 9.17) is 15.2 Å². The van der Waals surface area contributed by atoms with E-state index in [2.05, 4.69) is 0 Å². The van der Waals surface area contributed by atoms with Gasteiger partial charge < -0.3 is 20.1 Å². The number of hydrogen-bond acceptors (Lipinski definition) is 4. The minimum absolute atomic E-state index is 0.0539. The van der Waals surface area contributed by atoms with Gasteiger partial charge in [0, 0.05) is 19.6 Å². The zero-order valence-electron chi connectivity index (χ0n) is 12.9. The Morgan fingerprint density at radius 2 is 1.83 bits per heavy atom. The molecule has 0 fully saturated rings. The maximum Gasteiger partial charge on any atom is 0.231 e. The van der Waals surface area contributed by atoms with Gasteiger partial charge in [0.25, 0.3) is 0 Å². The van der Waals surface area contributed by atoms with Crippen molar-refractivity contribution >= 4 is 5.91 Å². The molecule has 0 radical (unpaired) electrons. The number of rotatable bonds is 6. The predicted molar refractivity (Wildman–Crippen MR) is 87.2 cm³/mol. The Kier molecular flexibility index (Phi) is 4.78. The van der Waals surface area contributed by atoms with Crippen LogP contribution in [0.1, 0.15) is 11.1 Å². The number of benzene rings is 2. The first-order chi connectivity index (χ1) is 11.3. The van der Waals surface area contributed by atoms with Gasteiger partial charge in [0.1, 0.15) is 0 Å². The molecule has 1 aliphatic rings. The quantitative estimate of drug-likeness (QED) is 0.885. The third-order valence-corrected chi connectivity index (χ3v) is 3.76. The first-order valence-corrected chi connectivity index (χ1v) is 7.66. The second-order valence-electron chi connectivity index (χ2n) is 5.45. The molecule has 1 heterocycles. The van der Waals surface area contributed by atoms with Crippen molar-refractivity contribution in [2.75, 3.05) is 19.9 Å². The van der Waals surface area contributed by atoms with Gasteiger partial charge in [-0.05, 0) is 23.3 Å². The summed E-state index contributed by atoms with van der Waals surface area (Å²) in [7, 11) is 0. The van der Waals surface area contributed by atoms with Crippen molar-refractivity contribution < 1.29 is 14.3 Å². The summed E-state index contributed by atoms with van der Waals surface area (Å²) in [6, 6.07) is 15.5. The average Bonchev–Trinajstić information content (AvgIpc) is 3.03. The maximum atomic E-state index is 12.6. The molecule has 0 aliphatic carbocycles. The molecule has 0 atom stereocenters. The molecule has 0 spiro atoms. The third kappa shape index (κ3) is 3.81.